The molecule has 15 heavy (non-hydrogen) atoms. The van der Waals surface area contributed by atoms with E-state index in [-0.39, 0.29) is 0 Å². The maximum Gasteiger partial charge on any atom is -0.0414 e. The number of hydrogen-bond donors (Lipinski definition) is 0. The molecule has 0 heteroatoms. The summed E-state index contributed by atoms with van der Waals surface area (Å²) in [7, 11) is 0. The van der Waals surface area contributed by atoms with Crippen molar-refractivity contribution < 1.29 is 0 Å². The lowest BCUT2D eigenvalue weighted by atomic mass is 9.96. The van der Waals surface area contributed by atoms with E-state index in [1.165, 1.54) is 44.9 Å². The summed E-state index contributed by atoms with van der Waals surface area (Å²) in [4.78, 5) is 0. The largest absolute Gasteiger partial charge is 0.0533 e. The fourth-order valence-electron chi connectivity index (χ4n) is 3.64. The van der Waals surface area contributed by atoms with E-state index in [2.05, 4.69) is 0 Å². The third kappa shape index (κ3) is 4.17. The average molecular weight is 208 g/mol. The molecule has 2 aliphatic carbocycles. The SMILES string of the molecule is C(CCC1CCCC1)CCC1CCCC1. The summed E-state index contributed by atoms with van der Waals surface area (Å²) < 4.78 is 0. The molecule has 0 bridgehead atoms. The first-order valence-electron chi connectivity index (χ1n) is 7.45. The van der Waals surface area contributed by atoms with E-state index in [4.69, 9.17) is 0 Å². The molecule has 0 saturated heterocycles. The van der Waals surface area contributed by atoms with Crippen molar-refractivity contribution in [2.75, 3.05) is 0 Å². The minimum absolute atomic E-state index is 1.12. The summed E-state index contributed by atoms with van der Waals surface area (Å²) in [6.45, 7) is 0. The molecule has 88 valence electrons. The zero-order valence-corrected chi connectivity index (χ0v) is 10.3. The van der Waals surface area contributed by atoms with Crippen LogP contribution in [-0.4, -0.2) is 0 Å². The molecule has 2 saturated carbocycles. The van der Waals surface area contributed by atoms with Gasteiger partial charge < -0.3 is 0 Å². The van der Waals surface area contributed by atoms with E-state index in [1.54, 1.807) is 38.5 Å². The van der Waals surface area contributed by atoms with Gasteiger partial charge in [0.05, 0.1) is 0 Å². The smallest absolute Gasteiger partial charge is 0.0414 e. The molecule has 0 aromatic heterocycles. The second-order valence-electron chi connectivity index (χ2n) is 5.94. The Bertz CT molecular complexity index is 131. The average Bonchev–Trinajstić information content (AvgIpc) is 2.88. The van der Waals surface area contributed by atoms with E-state index < -0.39 is 0 Å². The molecule has 0 aromatic carbocycles. The van der Waals surface area contributed by atoms with Gasteiger partial charge >= 0.3 is 0 Å². The van der Waals surface area contributed by atoms with Crippen LogP contribution in [0.5, 0.6) is 0 Å². The molecule has 0 spiro atoms. The summed E-state index contributed by atoms with van der Waals surface area (Å²) in [6.07, 6.45) is 19.9. The normalized spacial score (nSPS) is 24.0. The van der Waals surface area contributed by atoms with Gasteiger partial charge in [-0.15, -0.1) is 0 Å². The maximum absolute atomic E-state index is 1.55. The topological polar surface area (TPSA) is 0 Å². The van der Waals surface area contributed by atoms with Crippen molar-refractivity contribution in [3.8, 4) is 0 Å². The fourth-order valence-corrected chi connectivity index (χ4v) is 3.64. The summed E-state index contributed by atoms with van der Waals surface area (Å²) in [5, 5.41) is 0. The second-order valence-corrected chi connectivity index (χ2v) is 5.94. The Kier molecular flexibility index (Phi) is 5.02. The highest BCUT2D eigenvalue weighted by Crippen LogP contribution is 2.31. The molecular formula is C15H28. The molecular weight excluding hydrogens is 180 g/mol. The molecule has 0 radical (unpaired) electrons. The minimum atomic E-state index is 1.12. The summed E-state index contributed by atoms with van der Waals surface area (Å²) in [5.41, 5.74) is 0. The van der Waals surface area contributed by atoms with Gasteiger partial charge in [-0.1, -0.05) is 83.5 Å². The molecule has 0 atom stereocenters. The molecule has 0 aliphatic heterocycles. The zero-order chi connectivity index (χ0) is 10.3. The summed E-state index contributed by atoms with van der Waals surface area (Å²) in [5.74, 6) is 2.24. The monoisotopic (exact) mass is 208 g/mol. The van der Waals surface area contributed by atoms with Gasteiger partial charge in [-0.2, -0.15) is 0 Å². The van der Waals surface area contributed by atoms with Crippen molar-refractivity contribution in [1.29, 1.82) is 0 Å². The first-order valence-corrected chi connectivity index (χ1v) is 7.45. The zero-order valence-electron chi connectivity index (χ0n) is 10.3. The Morgan fingerprint density at radius 2 is 0.933 bits per heavy atom. The Hall–Kier alpha value is 0. The molecule has 2 rings (SSSR count). The number of rotatable bonds is 6. The van der Waals surface area contributed by atoms with Gasteiger partial charge in [-0.25, -0.2) is 0 Å². The first-order chi connectivity index (χ1) is 7.45. The Morgan fingerprint density at radius 1 is 0.533 bits per heavy atom. The van der Waals surface area contributed by atoms with Crippen molar-refractivity contribution in [2.24, 2.45) is 11.8 Å². The van der Waals surface area contributed by atoms with Gasteiger partial charge in [0.25, 0.3) is 0 Å². The fraction of sp³-hybridized carbons (Fsp3) is 1.00. The standard InChI is InChI=1S/C15H28/c1(2-8-14-10-4-5-11-14)3-9-15-12-6-7-13-15/h14-15H,1-13H2. The van der Waals surface area contributed by atoms with E-state index in [0.717, 1.165) is 11.8 Å². The molecule has 0 N–H and O–H groups in total. The van der Waals surface area contributed by atoms with Crippen LogP contribution < -0.4 is 0 Å². The van der Waals surface area contributed by atoms with Crippen molar-refractivity contribution in [2.45, 2.75) is 83.5 Å². The van der Waals surface area contributed by atoms with Crippen molar-refractivity contribution >= 4 is 0 Å². The highest BCUT2D eigenvalue weighted by molar-refractivity contribution is 4.69. The Balaban J connectivity index is 1.41. The van der Waals surface area contributed by atoms with Crippen LogP contribution in [0.2, 0.25) is 0 Å². The molecule has 0 amide bonds. The lowest BCUT2D eigenvalue weighted by Crippen LogP contribution is -1.95. The first kappa shape index (κ1) is 11.5. The molecule has 0 heterocycles. The Morgan fingerprint density at radius 3 is 1.33 bits per heavy atom. The van der Waals surface area contributed by atoms with Gasteiger partial charge in [-0.3, -0.25) is 0 Å². The van der Waals surface area contributed by atoms with Crippen molar-refractivity contribution in [1.82, 2.24) is 0 Å². The van der Waals surface area contributed by atoms with Gasteiger partial charge in [0, 0.05) is 0 Å². The van der Waals surface area contributed by atoms with Crippen molar-refractivity contribution in [3.63, 3.8) is 0 Å². The van der Waals surface area contributed by atoms with Crippen LogP contribution in [0, 0.1) is 11.8 Å². The summed E-state index contributed by atoms with van der Waals surface area (Å²) in [6, 6.07) is 0. The molecule has 0 nitrogen and oxygen atoms in total. The highest BCUT2D eigenvalue weighted by Gasteiger charge is 2.15. The van der Waals surface area contributed by atoms with Gasteiger partial charge in [0.15, 0.2) is 0 Å². The van der Waals surface area contributed by atoms with Crippen LogP contribution in [0.4, 0.5) is 0 Å². The molecule has 0 unspecified atom stereocenters. The second kappa shape index (κ2) is 6.55. The molecule has 0 aromatic rings. The van der Waals surface area contributed by atoms with Crippen LogP contribution in [0.1, 0.15) is 83.5 Å². The molecule has 2 aliphatic rings. The van der Waals surface area contributed by atoms with E-state index in [0.29, 0.717) is 0 Å². The van der Waals surface area contributed by atoms with E-state index >= 15 is 0 Å². The third-order valence-electron chi connectivity index (χ3n) is 4.67. The van der Waals surface area contributed by atoms with Gasteiger partial charge in [-0.05, 0) is 11.8 Å². The van der Waals surface area contributed by atoms with Crippen LogP contribution in [0.25, 0.3) is 0 Å². The lowest BCUT2D eigenvalue weighted by molar-refractivity contribution is 0.432. The molecule has 2 fully saturated rings. The summed E-state index contributed by atoms with van der Waals surface area (Å²) >= 11 is 0. The van der Waals surface area contributed by atoms with Gasteiger partial charge in [0.2, 0.25) is 0 Å². The van der Waals surface area contributed by atoms with Crippen LogP contribution in [0.3, 0.4) is 0 Å². The quantitative estimate of drug-likeness (QED) is 0.518. The van der Waals surface area contributed by atoms with Gasteiger partial charge in [0.1, 0.15) is 0 Å². The van der Waals surface area contributed by atoms with E-state index in [1.807, 2.05) is 0 Å². The maximum atomic E-state index is 1.55. The lowest BCUT2D eigenvalue weighted by Gasteiger charge is -2.10. The highest BCUT2D eigenvalue weighted by atomic mass is 14.2. The van der Waals surface area contributed by atoms with Crippen molar-refractivity contribution in [3.05, 3.63) is 0 Å². The van der Waals surface area contributed by atoms with Crippen LogP contribution >= 0.6 is 0 Å². The predicted octanol–water partition coefficient (Wildman–Crippen LogP) is 5.32. The number of hydrogen-bond acceptors (Lipinski definition) is 0. The van der Waals surface area contributed by atoms with Crippen LogP contribution in [-0.2, 0) is 0 Å². The Labute approximate surface area is 95.8 Å². The minimum Gasteiger partial charge on any atom is -0.0533 e. The predicted molar refractivity (Wildman–Crippen MR) is 67.0 cm³/mol. The van der Waals surface area contributed by atoms with E-state index in [9.17, 15) is 0 Å². The number of unbranched alkanes of at least 4 members (excludes halogenated alkanes) is 2. The van der Waals surface area contributed by atoms with Crippen LogP contribution in [0.15, 0.2) is 0 Å². The third-order valence-corrected chi connectivity index (χ3v) is 4.67.